The van der Waals surface area contributed by atoms with Crippen LogP contribution in [0, 0.1) is 0 Å². The van der Waals surface area contributed by atoms with Crippen molar-refractivity contribution in [2.45, 2.75) is 62.7 Å². The summed E-state index contributed by atoms with van der Waals surface area (Å²) in [7, 11) is 0. The summed E-state index contributed by atoms with van der Waals surface area (Å²) >= 11 is 0. The van der Waals surface area contributed by atoms with Crippen LogP contribution < -0.4 is 49.1 Å². The monoisotopic (exact) mass is 756 g/mol. The van der Waals surface area contributed by atoms with Crippen LogP contribution >= 0.6 is 0 Å². The minimum Gasteiger partial charge on any atom is -0.370 e. The summed E-state index contributed by atoms with van der Waals surface area (Å²) in [5.74, 6) is -3.81. The predicted octanol–water partition coefficient (Wildman–Crippen LogP) is -1.59. The van der Waals surface area contributed by atoms with Crippen LogP contribution in [0.15, 0.2) is 65.9 Å². The number of H-pyrrole nitrogens is 2. The van der Waals surface area contributed by atoms with Crippen molar-refractivity contribution in [3.8, 4) is 0 Å². The van der Waals surface area contributed by atoms with Crippen LogP contribution in [0.3, 0.4) is 0 Å². The predicted molar refractivity (Wildman–Crippen MR) is 206 cm³/mol. The van der Waals surface area contributed by atoms with E-state index >= 15 is 0 Å². The molecule has 1 aliphatic heterocycles. The van der Waals surface area contributed by atoms with Crippen LogP contribution in [0.2, 0.25) is 0 Å². The maximum absolute atomic E-state index is 13.6. The van der Waals surface area contributed by atoms with Crippen LogP contribution in [0.25, 0.3) is 21.8 Å². The number of fused-ring (bicyclic) bond motifs is 2. The number of aliphatic imine (C=N–C) groups is 1. The molecule has 0 aliphatic carbocycles. The Kier molecular flexibility index (Phi) is 13.8. The number of amides is 6. The Bertz CT molecular complexity index is 2030. The Labute approximate surface area is 316 Å². The van der Waals surface area contributed by atoms with Crippen molar-refractivity contribution in [1.29, 1.82) is 0 Å². The third-order valence-corrected chi connectivity index (χ3v) is 9.33. The Morgan fingerprint density at radius 2 is 1.27 bits per heavy atom. The van der Waals surface area contributed by atoms with Gasteiger partial charge in [-0.15, -0.1) is 0 Å². The zero-order valence-electron chi connectivity index (χ0n) is 30.3. The molecular weight excluding hydrogens is 708 g/mol. The van der Waals surface area contributed by atoms with E-state index in [0.29, 0.717) is 19.4 Å². The molecule has 14 N–H and O–H groups in total. The van der Waals surface area contributed by atoms with Crippen LogP contribution in [0.1, 0.15) is 36.8 Å². The van der Waals surface area contributed by atoms with Gasteiger partial charge in [-0.25, -0.2) is 0 Å². The summed E-state index contributed by atoms with van der Waals surface area (Å²) in [6.07, 6.45) is 5.68. The lowest BCUT2D eigenvalue weighted by molar-refractivity contribution is -0.132. The van der Waals surface area contributed by atoms with Crippen molar-refractivity contribution in [1.82, 2.24) is 41.9 Å². The maximum Gasteiger partial charge on any atom is 0.243 e. The fraction of sp³-hybridized carbons (Fsp3) is 0.378. The molecule has 0 bridgehead atoms. The smallest absolute Gasteiger partial charge is 0.243 e. The minimum absolute atomic E-state index is 0.0412. The van der Waals surface area contributed by atoms with E-state index in [9.17, 15) is 28.8 Å². The van der Waals surface area contributed by atoms with Crippen molar-refractivity contribution < 1.29 is 28.8 Å². The number of nitrogens with one attached hydrogen (secondary N) is 8. The van der Waals surface area contributed by atoms with E-state index in [1.807, 2.05) is 48.5 Å². The van der Waals surface area contributed by atoms with Gasteiger partial charge < -0.3 is 59.1 Å². The van der Waals surface area contributed by atoms with Crippen molar-refractivity contribution >= 4 is 63.2 Å². The average Bonchev–Trinajstić information content (AvgIpc) is 3.95. The number of aromatic nitrogens is 2. The third kappa shape index (κ3) is 11.3. The number of guanidine groups is 1. The van der Waals surface area contributed by atoms with Gasteiger partial charge in [0.25, 0.3) is 0 Å². The van der Waals surface area contributed by atoms with Crippen molar-refractivity contribution in [2.24, 2.45) is 22.2 Å². The Morgan fingerprint density at radius 1 is 0.727 bits per heavy atom. The lowest BCUT2D eigenvalue weighted by Gasteiger charge is -2.22. The van der Waals surface area contributed by atoms with Gasteiger partial charge in [-0.05, 0) is 55.5 Å². The fourth-order valence-electron chi connectivity index (χ4n) is 6.50. The number of nitrogens with zero attached hydrogens (tertiary/aromatic N) is 1. The molecule has 0 unspecified atom stereocenters. The molecule has 3 heterocycles. The van der Waals surface area contributed by atoms with Gasteiger partial charge in [-0.1, -0.05) is 36.4 Å². The van der Waals surface area contributed by atoms with Crippen molar-refractivity contribution in [3.05, 3.63) is 72.1 Å². The maximum atomic E-state index is 13.6. The second-order valence-corrected chi connectivity index (χ2v) is 13.4. The van der Waals surface area contributed by atoms with E-state index in [0.717, 1.165) is 39.4 Å². The number of carbonyl (C=O) groups is 6. The fourth-order valence-corrected chi connectivity index (χ4v) is 6.50. The van der Waals surface area contributed by atoms with E-state index in [1.165, 1.54) is 0 Å². The number of primary amides is 1. The van der Waals surface area contributed by atoms with Crippen LogP contribution in [-0.4, -0.2) is 102 Å². The highest BCUT2D eigenvalue weighted by molar-refractivity contribution is 5.95. The SMILES string of the molecule is NC(=O)[C@H](Cc1c[nH]c2ccccc12)NC(=O)CNC(=O)[C@H](Cc1c[nH]c2ccccc12)NC(=O)CNC(=O)[C@@H](CCCN=C(N)N)NC(=O)[C@@H]1CCCN1. The summed E-state index contributed by atoms with van der Waals surface area (Å²) in [5, 5.41) is 17.9. The van der Waals surface area contributed by atoms with Gasteiger partial charge in [-0.2, -0.15) is 0 Å². The average molecular weight is 757 g/mol. The normalized spacial score (nSPS) is 15.4. The van der Waals surface area contributed by atoms with E-state index in [1.54, 1.807) is 12.4 Å². The molecule has 1 saturated heterocycles. The first-order valence-electron chi connectivity index (χ1n) is 18.1. The number of nitrogens with two attached hydrogens (primary N) is 3. The minimum atomic E-state index is -1.17. The molecule has 2 aromatic heterocycles. The quantitative estimate of drug-likeness (QED) is 0.0298. The summed E-state index contributed by atoms with van der Waals surface area (Å²) in [6, 6.07) is 11.3. The Hall–Kier alpha value is -6.43. The van der Waals surface area contributed by atoms with Crippen LogP contribution in [-0.2, 0) is 41.6 Å². The van der Waals surface area contributed by atoms with Gasteiger partial charge >= 0.3 is 0 Å². The highest BCUT2D eigenvalue weighted by Gasteiger charge is 2.29. The summed E-state index contributed by atoms with van der Waals surface area (Å²) in [4.78, 5) is 88.4. The van der Waals surface area contributed by atoms with Gasteiger partial charge in [0.15, 0.2) is 5.96 Å². The number of aromatic amines is 2. The number of para-hydroxylation sites is 2. The van der Waals surface area contributed by atoms with Gasteiger partial charge in [0.1, 0.15) is 18.1 Å². The molecule has 5 rings (SSSR count). The molecule has 0 radical (unpaired) electrons. The van der Waals surface area contributed by atoms with E-state index in [-0.39, 0.29) is 37.7 Å². The molecule has 18 nitrogen and oxygen atoms in total. The highest BCUT2D eigenvalue weighted by atomic mass is 16.2. The molecule has 292 valence electrons. The Morgan fingerprint density at radius 3 is 1.82 bits per heavy atom. The third-order valence-electron chi connectivity index (χ3n) is 9.33. The number of carbonyl (C=O) groups excluding carboxylic acids is 6. The zero-order chi connectivity index (χ0) is 39.3. The van der Waals surface area contributed by atoms with E-state index in [4.69, 9.17) is 17.2 Å². The van der Waals surface area contributed by atoms with Crippen LogP contribution in [0.4, 0.5) is 0 Å². The summed E-state index contributed by atoms with van der Waals surface area (Å²) in [5.41, 5.74) is 19.6. The largest absolute Gasteiger partial charge is 0.370 e. The van der Waals surface area contributed by atoms with Gasteiger partial charge in [0.05, 0.1) is 19.1 Å². The second-order valence-electron chi connectivity index (χ2n) is 13.4. The zero-order valence-corrected chi connectivity index (χ0v) is 30.3. The number of rotatable bonds is 19. The molecule has 0 spiro atoms. The highest BCUT2D eigenvalue weighted by Crippen LogP contribution is 2.20. The standard InChI is InChI=1S/C37H48N12O6/c38-33(52)29(15-21-17-43-25-9-3-1-7-23(21)25)47-31(50)19-46-35(54)30(16-22-18-44-26-10-4-2-8-24(22)26)48-32(51)20-45-34(53)28(12-6-14-42-37(39)40)49-36(55)27-11-5-13-41-27/h1-4,7-10,17-18,27-30,41,43-44H,5-6,11-16,19-20H2,(H2,38,52)(H,45,53)(H,46,54)(H,47,50)(H,48,51)(H,49,55)(H4,39,40,42)/t27-,28+,29-,30-/m0/s1. The molecule has 2 aromatic carbocycles. The van der Waals surface area contributed by atoms with Crippen molar-refractivity contribution in [3.63, 3.8) is 0 Å². The summed E-state index contributed by atoms with van der Waals surface area (Å²) < 4.78 is 0. The molecule has 1 fully saturated rings. The van der Waals surface area contributed by atoms with Gasteiger partial charge in [-0.3, -0.25) is 33.8 Å². The topological polar surface area (TPSA) is 297 Å². The molecule has 55 heavy (non-hydrogen) atoms. The number of hydrogen-bond donors (Lipinski definition) is 11. The molecule has 4 atom stereocenters. The van der Waals surface area contributed by atoms with E-state index in [2.05, 4.69) is 46.9 Å². The molecule has 0 saturated carbocycles. The first-order valence-corrected chi connectivity index (χ1v) is 18.1. The summed E-state index contributed by atoms with van der Waals surface area (Å²) in [6.45, 7) is -0.0883. The van der Waals surface area contributed by atoms with E-state index < -0.39 is 66.8 Å². The molecular formula is C37H48N12O6. The van der Waals surface area contributed by atoms with Gasteiger partial charge in [0, 0.05) is 53.6 Å². The lowest BCUT2D eigenvalue weighted by Crippen LogP contribution is -2.55. The molecule has 1 aliphatic rings. The number of benzene rings is 2. The first-order chi connectivity index (χ1) is 26.5. The van der Waals surface area contributed by atoms with Crippen LogP contribution in [0.5, 0.6) is 0 Å². The molecule has 4 aromatic rings. The molecule has 18 heteroatoms. The second kappa shape index (κ2) is 19.1. The first kappa shape index (κ1) is 39.8. The number of hydrogen-bond acceptors (Lipinski definition) is 8. The Balaban J connectivity index is 1.21. The van der Waals surface area contributed by atoms with Gasteiger partial charge in [0.2, 0.25) is 35.4 Å². The lowest BCUT2D eigenvalue weighted by atomic mass is 10.0. The molecule has 6 amide bonds. The van der Waals surface area contributed by atoms with Crippen molar-refractivity contribution in [2.75, 3.05) is 26.2 Å².